The van der Waals surface area contributed by atoms with Gasteiger partial charge in [0.2, 0.25) is 0 Å². The summed E-state index contributed by atoms with van der Waals surface area (Å²) in [4.78, 5) is 14.0. The van der Waals surface area contributed by atoms with Crippen molar-refractivity contribution in [1.29, 1.82) is 0 Å². The maximum absolute atomic E-state index is 12.1. The molecule has 4 nitrogen and oxygen atoms in total. The predicted octanol–water partition coefficient (Wildman–Crippen LogP) is 2.25. The predicted molar refractivity (Wildman–Crippen MR) is 77.3 cm³/mol. The first-order valence-corrected chi connectivity index (χ1v) is 7.49. The van der Waals surface area contributed by atoms with Crippen molar-refractivity contribution >= 4 is 6.09 Å². The maximum Gasteiger partial charge on any atom is 0.410 e. The molecule has 3 rings (SSSR count). The van der Waals surface area contributed by atoms with Crippen molar-refractivity contribution in [3.05, 3.63) is 35.9 Å². The Morgan fingerprint density at radius 2 is 1.80 bits per heavy atom. The van der Waals surface area contributed by atoms with Crippen LogP contribution in [0.15, 0.2) is 30.3 Å². The summed E-state index contributed by atoms with van der Waals surface area (Å²) in [6.07, 6.45) is 2.03. The zero-order chi connectivity index (χ0) is 13.8. The van der Waals surface area contributed by atoms with E-state index in [0.717, 1.165) is 56.4 Å². The Morgan fingerprint density at radius 3 is 2.45 bits per heavy atom. The number of carbonyl (C=O) groups is 1. The third-order valence-electron chi connectivity index (χ3n) is 4.48. The molecule has 2 heterocycles. The van der Waals surface area contributed by atoms with Crippen LogP contribution in [0.4, 0.5) is 4.79 Å². The van der Waals surface area contributed by atoms with Crippen molar-refractivity contribution in [3.8, 4) is 0 Å². The standard InChI is InChI=1S/C16H22N2O2/c19-16(20-12-13-4-2-1-3-5-13)18-8-6-14-10-17-11-15(14)7-9-18/h1-5,14-15,17H,6-12H2/t14-,15+. The van der Waals surface area contributed by atoms with Gasteiger partial charge in [0.05, 0.1) is 0 Å². The minimum absolute atomic E-state index is 0.165. The summed E-state index contributed by atoms with van der Waals surface area (Å²) in [6.45, 7) is 4.24. The summed E-state index contributed by atoms with van der Waals surface area (Å²) in [5.41, 5.74) is 1.04. The number of nitrogens with zero attached hydrogens (tertiary/aromatic N) is 1. The molecule has 0 aliphatic carbocycles. The first-order chi connectivity index (χ1) is 9.83. The van der Waals surface area contributed by atoms with E-state index in [4.69, 9.17) is 4.74 Å². The van der Waals surface area contributed by atoms with Gasteiger partial charge in [-0.2, -0.15) is 0 Å². The molecule has 1 aromatic carbocycles. The van der Waals surface area contributed by atoms with Gasteiger partial charge in [0.25, 0.3) is 0 Å². The summed E-state index contributed by atoms with van der Waals surface area (Å²) in [7, 11) is 0. The third-order valence-corrected chi connectivity index (χ3v) is 4.48. The molecule has 2 saturated heterocycles. The molecule has 0 spiro atoms. The molecule has 20 heavy (non-hydrogen) atoms. The quantitative estimate of drug-likeness (QED) is 0.899. The van der Waals surface area contributed by atoms with Crippen LogP contribution in [-0.2, 0) is 11.3 Å². The van der Waals surface area contributed by atoms with Crippen molar-refractivity contribution in [2.75, 3.05) is 26.2 Å². The SMILES string of the molecule is O=C(OCc1ccccc1)N1CC[C@@H]2CNC[C@@H]2CC1. The number of ether oxygens (including phenoxy) is 1. The highest BCUT2D eigenvalue weighted by molar-refractivity contribution is 5.67. The molecule has 1 N–H and O–H groups in total. The molecular formula is C16H22N2O2. The van der Waals surface area contributed by atoms with E-state index in [1.54, 1.807) is 0 Å². The van der Waals surface area contributed by atoms with E-state index in [2.05, 4.69) is 5.32 Å². The highest BCUT2D eigenvalue weighted by Gasteiger charge is 2.31. The Balaban J connectivity index is 1.50. The lowest BCUT2D eigenvalue weighted by Gasteiger charge is -2.20. The Bertz CT molecular complexity index is 435. The average Bonchev–Trinajstić information content (AvgIpc) is 2.84. The molecule has 4 heteroatoms. The lowest BCUT2D eigenvalue weighted by molar-refractivity contribution is 0.0967. The number of carbonyl (C=O) groups excluding carboxylic acids is 1. The fourth-order valence-corrected chi connectivity index (χ4v) is 3.21. The van der Waals surface area contributed by atoms with Gasteiger partial charge in [0, 0.05) is 13.1 Å². The molecule has 2 aliphatic heterocycles. The zero-order valence-electron chi connectivity index (χ0n) is 11.8. The topological polar surface area (TPSA) is 41.6 Å². The minimum atomic E-state index is -0.165. The van der Waals surface area contributed by atoms with Gasteiger partial charge in [-0.15, -0.1) is 0 Å². The number of fused-ring (bicyclic) bond motifs is 1. The monoisotopic (exact) mass is 274 g/mol. The van der Waals surface area contributed by atoms with Gasteiger partial charge in [-0.05, 0) is 43.3 Å². The Morgan fingerprint density at radius 1 is 1.15 bits per heavy atom. The smallest absolute Gasteiger partial charge is 0.410 e. The van der Waals surface area contributed by atoms with E-state index in [0.29, 0.717) is 6.61 Å². The molecule has 0 radical (unpaired) electrons. The van der Waals surface area contributed by atoms with Crippen molar-refractivity contribution in [3.63, 3.8) is 0 Å². The number of benzene rings is 1. The molecule has 0 unspecified atom stereocenters. The summed E-state index contributed by atoms with van der Waals surface area (Å²) < 4.78 is 5.42. The molecule has 0 aromatic heterocycles. The van der Waals surface area contributed by atoms with Crippen molar-refractivity contribution in [2.45, 2.75) is 19.4 Å². The highest BCUT2D eigenvalue weighted by Crippen LogP contribution is 2.27. The van der Waals surface area contributed by atoms with Crippen LogP contribution in [-0.4, -0.2) is 37.2 Å². The molecule has 2 fully saturated rings. The molecule has 0 bridgehead atoms. The van der Waals surface area contributed by atoms with Gasteiger partial charge in [-0.3, -0.25) is 0 Å². The van der Waals surface area contributed by atoms with Crippen LogP contribution >= 0.6 is 0 Å². The van der Waals surface area contributed by atoms with Gasteiger partial charge in [-0.25, -0.2) is 4.79 Å². The van der Waals surface area contributed by atoms with E-state index in [-0.39, 0.29) is 6.09 Å². The van der Waals surface area contributed by atoms with Gasteiger partial charge in [0.1, 0.15) is 6.61 Å². The van der Waals surface area contributed by atoms with Crippen LogP contribution in [0.3, 0.4) is 0 Å². The molecule has 108 valence electrons. The first kappa shape index (κ1) is 13.4. The summed E-state index contributed by atoms with van der Waals surface area (Å²) in [6, 6.07) is 9.84. The fourth-order valence-electron chi connectivity index (χ4n) is 3.21. The van der Waals surface area contributed by atoms with E-state index in [9.17, 15) is 4.79 Å². The minimum Gasteiger partial charge on any atom is -0.445 e. The molecule has 1 aromatic rings. The number of amides is 1. The molecular weight excluding hydrogens is 252 g/mol. The van der Waals surface area contributed by atoms with Crippen molar-refractivity contribution in [2.24, 2.45) is 11.8 Å². The second-order valence-corrected chi connectivity index (χ2v) is 5.78. The second kappa shape index (κ2) is 6.27. The lowest BCUT2D eigenvalue weighted by Crippen LogP contribution is -2.33. The molecule has 2 aliphatic rings. The average molecular weight is 274 g/mol. The van der Waals surface area contributed by atoms with E-state index in [1.807, 2.05) is 35.2 Å². The summed E-state index contributed by atoms with van der Waals surface area (Å²) in [5, 5.41) is 3.45. The van der Waals surface area contributed by atoms with Crippen LogP contribution in [0.25, 0.3) is 0 Å². The number of likely N-dealkylation sites (tertiary alicyclic amines) is 1. The van der Waals surface area contributed by atoms with E-state index < -0.39 is 0 Å². The van der Waals surface area contributed by atoms with Crippen LogP contribution < -0.4 is 5.32 Å². The normalized spacial score (nSPS) is 25.9. The zero-order valence-corrected chi connectivity index (χ0v) is 11.8. The molecule has 1 amide bonds. The summed E-state index contributed by atoms with van der Waals surface area (Å²) >= 11 is 0. The van der Waals surface area contributed by atoms with Crippen LogP contribution in [0, 0.1) is 11.8 Å². The van der Waals surface area contributed by atoms with Gasteiger partial charge in [0.15, 0.2) is 0 Å². The Kier molecular flexibility index (Phi) is 4.21. The van der Waals surface area contributed by atoms with Crippen LogP contribution in [0.2, 0.25) is 0 Å². The third kappa shape index (κ3) is 3.12. The number of nitrogens with one attached hydrogen (secondary N) is 1. The number of hydrogen-bond donors (Lipinski definition) is 1. The molecule has 0 saturated carbocycles. The summed E-state index contributed by atoms with van der Waals surface area (Å²) in [5.74, 6) is 1.48. The highest BCUT2D eigenvalue weighted by atomic mass is 16.6. The van der Waals surface area contributed by atoms with Gasteiger partial charge < -0.3 is 15.0 Å². The number of hydrogen-bond acceptors (Lipinski definition) is 3. The number of rotatable bonds is 2. The fraction of sp³-hybridized carbons (Fsp3) is 0.562. The van der Waals surface area contributed by atoms with Crippen LogP contribution in [0.5, 0.6) is 0 Å². The maximum atomic E-state index is 12.1. The van der Waals surface area contributed by atoms with E-state index >= 15 is 0 Å². The van der Waals surface area contributed by atoms with Crippen molar-refractivity contribution < 1.29 is 9.53 Å². The van der Waals surface area contributed by atoms with Gasteiger partial charge in [-0.1, -0.05) is 30.3 Å². The Labute approximate surface area is 120 Å². The van der Waals surface area contributed by atoms with Gasteiger partial charge >= 0.3 is 6.09 Å². The largest absolute Gasteiger partial charge is 0.445 e. The van der Waals surface area contributed by atoms with Crippen molar-refractivity contribution in [1.82, 2.24) is 10.2 Å². The first-order valence-electron chi connectivity index (χ1n) is 7.49. The van der Waals surface area contributed by atoms with E-state index in [1.165, 1.54) is 0 Å². The second-order valence-electron chi connectivity index (χ2n) is 5.78. The van der Waals surface area contributed by atoms with Crippen LogP contribution in [0.1, 0.15) is 18.4 Å². The Hall–Kier alpha value is -1.55. The lowest BCUT2D eigenvalue weighted by atomic mass is 9.92. The molecule has 2 atom stereocenters.